The van der Waals surface area contributed by atoms with Gasteiger partial charge in [0.2, 0.25) is 0 Å². The monoisotopic (exact) mass is 518 g/mol. The Hall–Kier alpha value is -2.38. The van der Waals surface area contributed by atoms with Crippen LogP contribution in [0.3, 0.4) is 0 Å². The molecule has 3 aromatic rings. The molecule has 7 heteroatoms. The predicted octanol–water partition coefficient (Wildman–Crippen LogP) is 6.87. The molecule has 29 heavy (non-hydrogen) atoms. The number of hydrogen-bond donors (Lipinski definition) is 1. The topological polar surface area (TPSA) is 64.4 Å². The molecule has 0 unspecified atom stereocenters. The molecule has 0 saturated heterocycles. The Balaban J connectivity index is 1.66. The fourth-order valence-corrected chi connectivity index (χ4v) is 4.43. The van der Waals surface area contributed by atoms with Crippen LogP contribution >= 0.6 is 31.9 Å². The van der Waals surface area contributed by atoms with Gasteiger partial charge in [0.05, 0.1) is 13.9 Å². The van der Waals surface area contributed by atoms with Gasteiger partial charge in [-0.25, -0.2) is 0 Å². The second-order valence-electron chi connectivity index (χ2n) is 6.47. The number of benzene rings is 3. The summed E-state index contributed by atoms with van der Waals surface area (Å²) in [7, 11) is 0. The van der Waals surface area contributed by atoms with Crippen LogP contribution in [-0.2, 0) is 19.6 Å². The van der Waals surface area contributed by atoms with Gasteiger partial charge < -0.3 is 10.1 Å². The van der Waals surface area contributed by atoms with Gasteiger partial charge in [-0.15, -0.1) is 0 Å². The van der Waals surface area contributed by atoms with Crippen molar-refractivity contribution in [1.82, 2.24) is 0 Å². The van der Waals surface area contributed by atoms with Crippen LogP contribution < -0.4 is 10.1 Å². The zero-order chi connectivity index (χ0) is 20.8. The first-order valence-electron chi connectivity index (χ1n) is 9.13. The lowest BCUT2D eigenvalue weighted by molar-refractivity contribution is -0.384. The highest BCUT2D eigenvalue weighted by Crippen LogP contribution is 2.35. The number of non-ortho nitro benzene ring substituents is 1. The van der Waals surface area contributed by atoms with Gasteiger partial charge >= 0.3 is 0 Å². The number of ether oxygens (including phenoxy) is 1. The summed E-state index contributed by atoms with van der Waals surface area (Å²) in [5.74, 6) is 0.695. The fourth-order valence-electron chi connectivity index (χ4n) is 2.92. The molecule has 150 valence electrons. The lowest BCUT2D eigenvalue weighted by Gasteiger charge is -2.14. The Morgan fingerprint density at radius 2 is 1.66 bits per heavy atom. The maximum absolute atomic E-state index is 10.7. The minimum Gasteiger partial charge on any atom is -0.487 e. The van der Waals surface area contributed by atoms with Gasteiger partial charge in [-0.05, 0) is 85.3 Å². The normalized spacial score (nSPS) is 10.6. The van der Waals surface area contributed by atoms with E-state index in [1.165, 1.54) is 17.7 Å². The maximum Gasteiger partial charge on any atom is 0.269 e. The number of rotatable bonds is 8. The van der Waals surface area contributed by atoms with Gasteiger partial charge in [-0.2, -0.15) is 0 Å². The molecule has 0 saturated carbocycles. The molecule has 0 aliphatic heterocycles. The highest BCUT2D eigenvalue weighted by molar-refractivity contribution is 9.11. The van der Waals surface area contributed by atoms with E-state index in [-0.39, 0.29) is 5.69 Å². The molecular weight excluding hydrogens is 500 g/mol. The number of nitro groups is 1. The first-order valence-corrected chi connectivity index (χ1v) is 10.7. The lowest BCUT2D eigenvalue weighted by Crippen LogP contribution is -2.03. The van der Waals surface area contributed by atoms with E-state index in [1.54, 1.807) is 12.1 Å². The summed E-state index contributed by atoms with van der Waals surface area (Å²) in [5.41, 5.74) is 4.46. The highest BCUT2D eigenvalue weighted by atomic mass is 79.9. The molecule has 0 aromatic heterocycles. The SMILES string of the molecule is CCc1ccccc1NCc1cc(Br)c(OCc2ccc([N+](=O)[O-])cc2)c(Br)c1. The number of nitro benzene ring substituents is 1. The number of para-hydroxylation sites is 1. The van der Waals surface area contributed by atoms with Gasteiger partial charge in [-0.3, -0.25) is 10.1 Å². The van der Waals surface area contributed by atoms with Crippen molar-refractivity contribution in [3.8, 4) is 5.75 Å². The van der Waals surface area contributed by atoms with Gasteiger partial charge in [0.25, 0.3) is 5.69 Å². The number of anilines is 1. The van der Waals surface area contributed by atoms with Crippen molar-refractivity contribution < 1.29 is 9.66 Å². The molecule has 0 aliphatic rings. The van der Waals surface area contributed by atoms with E-state index in [0.29, 0.717) is 18.9 Å². The molecule has 5 nitrogen and oxygen atoms in total. The summed E-state index contributed by atoms with van der Waals surface area (Å²) < 4.78 is 7.61. The molecule has 1 N–H and O–H groups in total. The van der Waals surface area contributed by atoms with Gasteiger partial charge in [0.1, 0.15) is 12.4 Å². The van der Waals surface area contributed by atoms with Crippen LogP contribution in [-0.4, -0.2) is 4.92 Å². The fraction of sp³-hybridized carbons (Fsp3) is 0.182. The van der Waals surface area contributed by atoms with Gasteiger partial charge in [0, 0.05) is 24.4 Å². The zero-order valence-corrected chi connectivity index (χ0v) is 19.0. The van der Waals surface area contributed by atoms with E-state index >= 15 is 0 Å². The third-order valence-electron chi connectivity index (χ3n) is 4.47. The molecule has 0 radical (unpaired) electrons. The molecule has 0 atom stereocenters. The summed E-state index contributed by atoms with van der Waals surface area (Å²) in [5, 5.41) is 14.2. The van der Waals surface area contributed by atoms with Gasteiger partial charge in [0.15, 0.2) is 0 Å². The van der Waals surface area contributed by atoms with Crippen molar-refractivity contribution in [1.29, 1.82) is 0 Å². The van der Waals surface area contributed by atoms with E-state index < -0.39 is 4.92 Å². The molecule has 0 heterocycles. The number of nitrogens with zero attached hydrogens (tertiary/aromatic N) is 1. The van der Waals surface area contributed by atoms with E-state index in [1.807, 2.05) is 24.3 Å². The second kappa shape index (κ2) is 9.89. The highest BCUT2D eigenvalue weighted by Gasteiger charge is 2.11. The largest absolute Gasteiger partial charge is 0.487 e. The minimum atomic E-state index is -0.413. The average Bonchev–Trinajstić information content (AvgIpc) is 2.72. The third-order valence-corrected chi connectivity index (χ3v) is 5.65. The summed E-state index contributed by atoms with van der Waals surface area (Å²) in [6.07, 6.45) is 0.978. The quantitative estimate of drug-likeness (QED) is 0.260. The molecule has 0 spiro atoms. The van der Waals surface area contributed by atoms with Crippen LogP contribution in [0.1, 0.15) is 23.6 Å². The maximum atomic E-state index is 10.7. The zero-order valence-electron chi connectivity index (χ0n) is 15.8. The molecule has 0 fully saturated rings. The molecule has 3 rings (SSSR count). The van der Waals surface area contributed by atoms with Crippen molar-refractivity contribution in [2.24, 2.45) is 0 Å². The van der Waals surface area contributed by atoms with E-state index in [4.69, 9.17) is 4.74 Å². The van der Waals surface area contributed by atoms with Crippen LogP contribution in [0.25, 0.3) is 0 Å². The summed E-state index contributed by atoms with van der Waals surface area (Å²) in [4.78, 5) is 10.3. The van der Waals surface area contributed by atoms with Crippen LogP contribution in [0.15, 0.2) is 69.6 Å². The standard InChI is InChI=1S/C22H20Br2N2O3/c1-2-17-5-3-4-6-21(17)25-13-16-11-19(23)22(20(24)12-16)29-14-15-7-9-18(10-8-15)26(27)28/h3-12,25H,2,13-14H2,1H3. The van der Waals surface area contributed by atoms with Crippen LogP contribution in [0.4, 0.5) is 11.4 Å². The minimum absolute atomic E-state index is 0.0672. The molecule has 0 bridgehead atoms. The van der Waals surface area contributed by atoms with Crippen molar-refractivity contribution >= 4 is 43.2 Å². The van der Waals surface area contributed by atoms with E-state index in [0.717, 1.165) is 32.2 Å². The van der Waals surface area contributed by atoms with Crippen molar-refractivity contribution in [3.63, 3.8) is 0 Å². The van der Waals surface area contributed by atoms with Crippen LogP contribution in [0.5, 0.6) is 5.75 Å². The molecule has 0 aliphatic carbocycles. The van der Waals surface area contributed by atoms with Crippen LogP contribution in [0.2, 0.25) is 0 Å². The summed E-state index contributed by atoms with van der Waals surface area (Å²) in [6.45, 7) is 3.15. The Kier molecular flexibility index (Phi) is 7.28. The van der Waals surface area contributed by atoms with Crippen molar-refractivity contribution in [2.45, 2.75) is 26.5 Å². The van der Waals surface area contributed by atoms with Gasteiger partial charge in [-0.1, -0.05) is 25.1 Å². The smallest absolute Gasteiger partial charge is 0.269 e. The van der Waals surface area contributed by atoms with E-state index in [2.05, 4.69) is 56.2 Å². The third kappa shape index (κ3) is 5.58. The van der Waals surface area contributed by atoms with E-state index in [9.17, 15) is 10.1 Å². The Morgan fingerprint density at radius 1 is 1.00 bits per heavy atom. The van der Waals surface area contributed by atoms with Crippen molar-refractivity contribution in [2.75, 3.05) is 5.32 Å². The number of aryl methyl sites for hydroxylation is 1. The molecule has 3 aromatic carbocycles. The molecular formula is C22H20Br2N2O3. The van der Waals surface area contributed by atoms with Crippen molar-refractivity contribution in [3.05, 3.63) is 96.4 Å². The van der Waals surface area contributed by atoms with Crippen LogP contribution in [0, 0.1) is 10.1 Å². The first kappa shape index (κ1) is 21.3. The summed E-state index contributed by atoms with van der Waals surface area (Å²) in [6, 6.07) is 18.7. The summed E-state index contributed by atoms with van der Waals surface area (Å²) >= 11 is 7.17. The Bertz CT molecular complexity index is 984. The average molecular weight is 520 g/mol. The number of hydrogen-bond acceptors (Lipinski definition) is 4. The Morgan fingerprint density at radius 3 is 2.28 bits per heavy atom. The predicted molar refractivity (Wildman–Crippen MR) is 122 cm³/mol. The Labute approximate surface area is 186 Å². The first-order chi connectivity index (χ1) is 14.0. The lowest BCUT2D eigenvalue weighted by atomic mass is 10.1. The number of halogens is 2. The second-order valence-corrected chi connectivity index (χ2v) is 8.17. The molecule has 0 amide bonds. The number of nitrogens with one attached hydrogen (secondary N) is 1.